The van der Waals surface area contributed by atoms with Gasteiger partial charge in [0.25, 0.3) is 0 Å². The second-order valence-electron chi connectivity index (χ2n) is 6.54. The molecule has 142 valence electrons. The molecule has 1 N–H and O–H groups in total. The molecule has 0 aliphatic rings. The smallest absolute Gasteiger partial charge is 0.221 e. The third kappa shape index (κ3) is 4.37. The molecule has 2 aromatic carbocycles. The van der Waals surface area contributed by atoms with Crippen molar-refractivity contribution in [1.82, 2.24) is 9.88 Å². The summed E-state index contributed by atoms with van der Waals surface area (Å²) in [6.07, 6.45) is 2.34. The first-order valence-corrected chi connectivity index (χ1v) is 9.23. The molecule has 0 bridgehead atoms. The first-order chi connectivity index (χ1) is 13.1. The fraction of sp³-hybridized carbons (Fsp3) is 0.318. The summed E-state index contributed by atoms with van der Waals surface area (Å²) in [6, 6.07) is 14.7. The molecule has 3 aromatic rings. The maximum atomic E-state index is 13.9. The first kappa shape index (κ1) is 19.1. The Labute approximate surface area is 158 Å². The van der Waals surface area contributed by atoms with E-state index >= 15 is 0 Å². The summed E-state index contributed by atoms with van der Waals surface area (Å²) in [4.78, 5) is 12.5. The highest BCUT2D eigenvalue weighted by Crippen LogP contribution is 2.35. The number of hydrogen-bond acceptors (Lipinski definition) is 2. The fourth-order valence-electron chi connectivity index (χ4n) is 3.50. The Kier molecular flexibility index (Phi) is 6.24. The molecule has 0 fully saturated rings. The summed E-state index contributed by atoms with van der Waals surface area (Å²) in [7, 11) is 1.60. The van der Waals surface area contributed by atoms with Gasteiger partial charge in [-0.05, 0) is 36.2 Å². The van der Waals surface area contributed by atoms with Crippen LogP contribution in [0.4, 0.5) is 4.39 Å². The van der Waals surface area contributed by atoms with Crippen LogP contribution in [0.5, 0.6) is 0 Å². The SMILES string of the molecule is CCn1cc(C(CC(=O)NCCOC)c2cccc(F)c2)c2ccccc21. The zero-order valence-electron chi connectivity index (χ0n) is 15.7. The summed E-state index contributed by atoms with van der Waals surface area (Å²) < 4.78 is 21.0. The van der Waals surface area contributed by atoms with Crippen molar-refractivity contribution in [3.8, 4) is 0 Å². The third-order valence-electron chi connectivity index (χ3n) is 4.80. The number of rotatable bonds is 8. The van der Waals surface area contributed by atoms with E-state index in [0.717, 1.165) is 28.6 Å². The van der Waals surface area contributed by atoms with Gasteiger partial charge in [0.1, 0.15) is 5.82 Å². The van der Waals surface area contributed by atoms with E-state index in [0.29, 0.717) is 13.2 Å². The van der Waals surface area contributed by atoms with Gasteiger partial charge in [-0.2, -0.15) is 0 Å². The van der Waals surface area contributed by atoms with Crippen molar-refractivity contribution in [2.45, 2.75) is 25.8 Å². The molecule has 0 saturated carbocycles. The van der Waals surface area contributed by atoms with Gasteiger partial charge in [0, 0.05) is 49.6 Å². The average Bonchev–Trinajstić information content (AvgIpc) is 3.05. The number of halogens is 1. The number of methoxy groups -OCH3 is 1. The molecule has 1 aromatic heterocycles. The van der Waals surface area contributed by atoms with E-state index in [1.807, 2.05) is 18.2 Å². The monoisotopic (exact) mass is 368 g/mol. The predicted octanol–water partition coefficient (Wildman–Crippen LogP) is 4.08. The third-order valence-corrected chi connectivity index (χ3v) is 4.80. The summed E-state index contributed by atoms with van der Waals surface area (Å²) in [5, 5.41) is 3.97. The van der Waals surface area contributed by atoms with Crippen LogP contribution in [0.25, 0.3) is 10.9 Å². The maximum Gasteiger partial charge on any atom is 0.221 e. The van der Waals surface area contributed by atoms with Gasteiger partial charge in [-0.25, -0.2) is 4.39 Å². The van der Waals surface area contributed by atoms with E-state index in [4.69, 9.17) is 4.74 Å². The first-order valence-electron chi connectivity index (χ1n) is 9.23. The molecule has 27 heavy (non-hydrogen) atoms. The van der Waals surface area contributed by atoms with Crippen LogP contribution >= 0.6 is 0 Å². The minimum absolute atomic E-state index is 0.0744. The zero-order valence-corrected chi connectivity index (χ0v) is 15.7. The van der Waals surface area contributed by atoms with E-state index in [1.165, 1.54) is 12.1 Å². The van der Waals surface area contributed by atoms with Crippen LogP contribution in [0, 0.1) is 5.82 Å². The standard InChI is InChI=1S/C22H25FN2O2/c1-3-25-15-20(18-9-4-5-10-21(18)25)19(14-22(26)24-11-12-27-2)16-7-6-8-17(23)13-16/h4-10,13,15,19H,3,11-12,14H2,1-2H3,(H,24,26). The number of aromatic nitrogens is 1. The molecule has 0 radical (unpaired) electrons. The Balaban J connectivity index is 2.01. The summed E-state index contributed by atoms with van der Waals surface area (Å²) in [5.41, 5.74) is 2.96. The van der Waals surface area contributed by atoms with Crippen molar-refractivity contribution in [2.75, 3.05) is 20.3 Å². The van der Waals surface area contributed by atoms with E-state index < -0.39 is 0 Å². The molecule has 1 amide bonds. The number of aryl methyl sites for hydroxylation is 1. The Morgan fingerprint density at radius 3 is 2.78 bits per heavy atom. The van der Waals surface area contributed by atoms with E-state index in [2.05, 4.69) is 35.1 Å². The molecule has 4 nitrogen and oxygen atoms in total. The van der Waals surface area contributed by atoms with Gasteiger partial charge in [0.15, 0.2) is 0 Å². The van der Waals surface area contributed by atoms with Gasteiger partial charge < -0.3 is 14.6 Å². The van der Waals surface area contributed by atoms with Gasteiger partial charge in [0.2, 0.25) is 5.91 Å². The van der Waals surface area contributed by atoms with E-state index in [1.54, 1.807) is 13.2 Å². The van der Waals surface area contributed by atoms with Crippen LogP contribution in [-0.2, 0) is 16.1 Å². The van der Waals surface area contributed by atoms with Crippen LogP contribution in [0.2, 0.25) is 0 Å². The number of amides is 1. The van der Waals surface area contributed by atoms with Gasteiger partial charge in [-0.1, -0.05) is 30.3 Å². The number of fused-ring (bicyclic) bond motifs is 1. The van der Waals surface area contributed by atoms with Crippen molar-refractivity contribution in [3.05, 3.63) is 71.7 Å². The number of benzene rings is 2. The molecule has 0 aliphatic carbocycles. The predicted molar refractivity (Wildman–Crippen MR) is 105 cm³/mol. The number of carbonyl (C=O) groups excluding carboxylic acids is 1. The second kappa shape index (κ2) is 8.82. The number of ether oxygens (including phenoxy) is 1. The van der Waals surface area contributed by atoms with Crippen LogP contribution in [0.15, 0.2) is 54.7 Å². The maximum absolute atomic E-state index is 13.9. The summed E-state index contributed by atoms with van der Waals surface area (Å²) in [6.45, 7) is 3.84. The highest BCUT2D eigenvalue weighted by Gasteiger charge is 2.22. The van der Waals surface area contributed by atoms with Gasteiger partial charge in [0.05, 0.1) is 6.61 Å². The summed E-state index contributed by atoms with van der Waals surface area (Å²) >= 11 is 0. The number of carbonyl (C=O) groups is 1. The second-order valence-corrected chi connectivity index (χ2v) is 6.54. The lowest BCUT2D eigenvalue weighted by atomic mass is 9.88. The number of nitrogens with one attached hydrogen (secondary N) is 1. The Morgan fingerprint density at radius 1 is 1.22 bits per heavy atom. The largest absolute Gasteiger partial charge is 0.383 e. The Hall–Kier alpha value is -2.66. The van der Waals surface area contributed by atoms with Crippen LogP contribution in [0.1, 0.15) is 30.4 Å². The van der Waals surface area contributed by atoms with Crippen LogP contribution in [-0.4, -0.2) is 30.7 Å². The van der Waals surface area contributed by atoms with Crippen LogP contribution in [0.3, 0.4) is 0 Å². The molecule has 5 heteroatoms. The van der Waals surface area contributed by atoms with Gasteiger partial charge in [-0.3, -0.25) is 4.79 Å². The van der Waals surface area contributed by atoms with Gasteiger partial charge >= 0.3 is 0 Å². The molecule has 0 spiro atoms. The molecule has 0 saturated heterocycles. The van der Waals surface area contributed by atoms with Crippen molar-refractivity contribution >= 4 is 16.8 Å². The minimum Gasteiger partial charge on any atom is -0.383 e. The van der Waals surface area contributed by atoms with Gasteiger partial charge in [-0.15, -0.1) is 0 Å². The van der Waals surface area contributed by atoms with Crippen molar-refractivity contribution in [3.63, 3.8) is 0 Å². The molecule has 3 rings (SSSR count). The topological polar surface area (TPSA) is 43.3 Å². The molecule has 1 unspecified atom stereocenters. The Bertz CT molecular complexity index is 920. The van der Waals surface area contributed by atoms with Crippen molar-refractivity contribution in [1.29, 1.82) is 0 Å². The molecular weight excluding hydrogens is 343 g/mol. The quantitative estimate of drug-likeness (QED) is 0.609. The number of hydrogen-bond donors (Lipinski definition) is 1. The van der Waals surface area contributed by atoms with Crippen molar-refractivity contribution in [2.24, 2.45) is 0 Å². The lowest BCUT2D eigenvalue weighted by Crippen LogP contribution is -2.28. The van der Waals surface area contributed by atoms with E-state index in [-0.39, 0.29) is 24.1 Å². The lowest BCUT2D eigenvalue weighted by Gasteiger charge is -2.17. The minimum atomic E-state index is -0.295. The Morgan fingerprint density at radius 2 is 2.04 bits per heavy atom. The molecule has 0 aliphatic heterocycles. The molecule has 1 heterocycles. The fourth-order valence-corrected chi connectivity index (χ4v) is 3.50. The van der Waals surface area contributed by atoms with E-state index in [9.17, 15) is 9.18 Å². The van der Waals surface area contributed by atoms with Crippen molar-refractivity contribution < 1.29 is 13.9 Å². The number of para-hydroxylation sites is 1. The number of nitrogens with zero attached hydrogens (tertiary/aromatic N) is 1. The normalized spacial score (nSPS) is 12.3. The highest BCUT2D eigenvalue weighted by molar-refractivity contribution is 5.86. The lowest BCUT2D eigenvalue weighted by molar-refractivity contribution is -0.121. The van der Waals surface area contributed by atoms with Crippen LogP contribution < -0.4 is 5.32 Å². The highest BCUT2D eigenvalue weighted by atomic mass is 19.1. The summed E-state index contributed by atoms with van der Waals surface area (Å²) in [5.74, 6) is -0.591. The zero-order chi connectivity index (χ0) is 19.2. The average molecular weight is 368 g/mol. The molecular formula is C22H25FN2O2. The molecule has 1 atom stereocenters.